The van der Waals surface area contributed by atoms with Crippen LogP contribution in [-0.2, 0) is 9.54 Å². The molecule has 2 nitrogen and oxygen atoms in total. The van der Waals surface area contributed by atoms with Gasteiger partial charge in [-0.25, -0.2) is 0 Å². The zero-order chi connectivity index (χ0) is 10.3. The molecule has 0 fully saturated rings. The standard InChI is InChI=1S/C10H10ClNOS/c1-10(14-2)6-4-3-5-7(11)8(6)12-9(10)13/h3-5H,1-2H3,(H,12,13). The second-order valence-corrected chi connectivity index (χ2v) is 4.99. The highest BCUT2D eigenvalue weighted by molar-refractivity contribution is 8.00. The Kier molecular flexibility index (Phi) is 2.24. The largest absolute Gasteiger partial charge is 0.323 e. The molecule has 1 heterocycles. The van der Waals surface area contributed by atoms with Gasteiger partial charge in [-0.05, 0) is 19.2 Å². The lowest BCUT2D eigenvalue weighted by Gasteiger charge is -2.18. The average Bonchev–Trinajstić information content (AvgIpc) is 2.43. The number of benzene rings is 1. The molecule has 74 valence electrons. The minimum Gasteiger partial charge on any atom is -0.323 e. The van der Waals surface area contributed by atoms with E-state index in [1.165, 1.54) is 11.8 Å². The molecule has 0 radical (unpaired) electrons. The first kappa shape index (κ1) is 9.87. The van der Waals surface area contributed by atoms with Gasteiger partial charge in [0.25, 0.3) is 0 Å². The van der Waals surface area contributed by atoms with Gasteiger partial charge in [0, 0.05) is 5.56 Å². The van der Waals surface area contributed by atoms with Gasteiger partial charge in [0.15, 0.2) is 0 Å². The van der Waals surface area contributed by atoms with E-state index in [1.54, 1.807) is 6.07 Å². The van der Waals surface area contributed by atoms with Gasteiger partial charge in [0.05, 0.1) is 10.7 Å². The number of hydrogen-bond donors (Lipinski definition) is 1. The number of fused-ring (bicyclic) bond motifs is 1. The van der Waals surface area contributed by atoms with E-state index in [-0.39, 0.29) is 5.91 Å². The number of carbonyl (C=O) groups is 1. The molecule has 2 rings (SSSR count). The molecule has 1 amide bonds. The van der Waals surface area contributed by atoms with E-state index in [4.69, 9.17) is 11.6 Å². The number of carbonyl (C=O) groups excluding carboxylic acids is 1. The van der Waals surface area contributed by atoms with Crippen LogP contribution in [0, 0.1) is 0 Å². The number of rotatable bonds is 1. The fraction of sp³-hybridized carbons (Fsp3) is 0.300. The highest BCUT2D eigenvalue weighted by Crippen LogP contribution is 2.46. The van der Waals surface area contributed by atoms with Gasteiger partial charge in [0.2, 0.25) is 5.91 Å². The van der Waals surface area contributed by atoms with Crippen molar-refractivity contribution in [3.05, 3.63) is 28.8 Å². The first-order valence-corrected chi connectivity index (χ1v) is 5.85. The van der Waals surface area contributed by atoms with Gasteiger partial charge >= 0.3 is 0 Å². The molecule has 14 heavy (non-hydrogen) atoms. The Morgan fingerprint density at radius 3 is 2.86 bits per heavy atom. The number of para-hydroxylation sites is 1. The first-order chi connectivity index (χ1) is 6.59. The Morgan fingerprint density at radius 2 is 2.21 bits per heavy atom. The summed E-state index contributed by atoms with van der Waals surface area (Å²) in [6, 6.07) is 5.60. The van der Waals surface area contributed by atoms with Gasteiger partial charge < -0.3 is 5.32 Å². The van der Waals surface area contributed by atoms with Crippen molar-refractivity contribution in [2.45, 2.75) is 11.7 Å². The second-order valence-electron chi connectivity index (χ2n) is 3.35. The molecule has 0 bridgehead atoms. The van der Waals surface area contributed by atoms with Crippen molar-refractivity contribution in [3.63, 3.8) is 0 Å². The van der Waals surface area contributed by atoms with Crippen LogP contribution in [-0.4, -0.2) is 12.2 Å². The predicted octanol–water partition coefficient (Wildman–Crippen LogP) is 2.87. The number of anilines is 1. The molecular formula is C10H10ClNOS. The van der Waals surface area contributed by atoms with E-state index >= 15 is 0 Å². The maximum Gasteiger partial charge on any atom is 0.244 e. The van der Waals surface area contributed by atoms with E-state index in [0.29, 0.717) is 5.02 Å². The molecular weight excluding hydrogens is 218 g/mol. The summed E-state index contributed by atoms with van der Waals surface area (Å²) >= 11 is 7.52. The summed E-state index contributed by atoms with van der Waals surface area (Å²) in [6.07, 6.45) is 1.93. The van der Waals surface area contributed by atoms with Gasteiger partial charge in [0.1, 0.15) is 4.75 Å². The van der Waals surface area contributed by atoms with Crippen molar-refractivity contribution < 1.29 is 4.79 Å². The van der Waals surface area contributed by atoms with Crippen LogP contribution in [0.15, 0.2) is 18.2 Å². The van der Waals surface area contributed by atoms with Crippen LogP contribution in [0.3, 0.4) is 0 Å². The van der Waals surface area contributed by atoms with E-state index in [2.05, 4.69) is 5.32 Å². The summed E-state index contributed by atoms with van der Waals surface area (Å²) in [5.74, 6) is 0.00750. The molecule has 1 aromatic rings. The van der Waals surface area contributed by atoms with Crippen LogP contribution in [0.1, 0.15) is 12.5 Å². The minimum atomic E-state index is -0.500. The Bertz CT molecular complexity index is 407. The third kappa shape index (κ3) is 1.16. The quantitative estimate of drug-likeness (QED) is 0.800. The molecule has 1 aliphatic heterocycles. The van der Waals surface area contributed by atoms with Crippen LogP contribution < -0.4 is 5.32 Å². The fourth-order valence-corrected chi connectivity index (χ4v) is 2.45. The number of nitrogens with one attached hydrogen (secondary N) is 1. The molecule has 1 aliphatic rings. The molecule has 1 atom stereocenters. The molecule has 0 aliphatic carbocycles. The number of amides is 1. The Labute approximate surface area is 92.0 Å². The van der Waals surface area contributed by atoms with Gasteiger partial charge in [-0.15, -0.1) is 11.8 Å². The SMILES string of the molecule is CSC1(C)C(=O)Nc2c(Cl)cccc21. The highest BCUT2D eigenvalue weighted by Gasteiger charge is 2.42. The van der Waals surface area contributed by atoms with Gasteiger partial charge in [-0.2, -0.15) is 0 Å². The van der Waals surface area contributed by atoms with Crippen molar-refractivity contribution >= 4 is 35.0 Å². The monoisotopic (exact) mass is 227 g/mol. The fourth-order valence-electron chi connectivity index (χ4n) is 1.61. The number of thioether (sulfide) groups is 1. The summed E-state index contributed by atoms with van der Waals surface area (Å²) in [7, 11) is 0. The summed E-state index contributed by atoms with van der Waals surface area (Å²) < 4.78 is -0.500. The van der Waals surface area contributed by atoms with Crippen LogP contribution in [0.5, 0.6) is 0 Å². The topological polar surface area (TPSA) is 29.1 Å². The Hall–Kier alpha value is -0.670. The van der Waals surface area contributed by atoms with Crippen molar-refractivity contribution in [2.75, 3.05) is 11.6 Å². The van der Waals surface area contributed by atoms with Crippen molar-refractivity contribution in [1.29, 1.82) is 0 Å². The summed E-state index contributed by atoms with van der Waals surface area (Å²) in [4.78, 5) is 11.7. The molecule has 1 N–H and O–H groups in total. The summed E-state index contributed by atoms with van der Waals surface area (Å²) in [6.45, 7) is 1.91. The lowest BCUT2D eigenvalue weighted by molar-refractivity contribution is -0.117. The maximum atomic E-state index is 11.7. The lowest BCUT2D eigenvalue weighted by Crippen LogP contribution is -2.26. The second kappa shape index (κ2) is 3.17. The van der Waals surface area contributed by atoms with Crippen LogP contribution in [0.4, 0.5) is 5.69 Å². The Balaban J connectivity index is 2.64. The zero-order valence-electron chi connectivity index (χ0n) is 7.93. The number of hydrogen-bond acceptors (Lipinski definition) is 2. The van der Waals surface area contributed by atoms with E-state index in [9.17, 15) is 4.79 Å². The lowest BCUT2D eigenvalue weighted by atomic mass is 10.0. The van der Waals surface area contributed by atoms with Crippen molar-refractivity contribution in [3.8, 4) is 0 Å². The third-order valence-corrected chi connectivity index (χ3v) is 4.14. The van der Waals surface area contributed by atoms with Gasteiger partial charge in [-0.1, -0.05) is 23.7 Å². The van der Waals surface area contributed by atoms with E-state index in [0.717, 1.165) is 11.3 Å². The number of halogens is 1. The van der Waals surface area contributed by atoms with Crippen LogP contribution >= 0.6 is 23.4 Å². The predicted molar refractivity (Wildman–Crippen MR) is 60.9 cm³/mol. The smallest absolute Gasteiger partial charge is 0.244 e. The highest BCUT2D eigenvalue weighted by atomic mass is 35.5. The first-order valence-electron chi connectivity index (χ1n) is 4.25. The minimum absolute atomic E-state index is 0.00750. The maximum absolute atomic E-state index is 11.7. The van der Waals surface area contributed by atoms with E-state index < -0.39 is 4.75 Å². The molecule has 4 heteroatoms. The van der Waals surface area contributed by atoms with Crippen molar-refractivity contribution in [1.82, 2.24) is 0 Å². The normalized spacial score (nSPS) is 24.6. The molecule has 0 aromatic heterocycles. The zero-order valence-corrected chi connectivity index (χ0v) is 9.50. The molecule has 1 unspecified atom stereocenters. The molecule has 1 aromatic carbocycles. The molecule has 0 saturated heterocycles. The molecule has 0 spiro atoms. The molecule has 0 saturated carbocycles. The Morgan fingerprint density at radius 1 is 1.50 bits per heavy atom. The van der Waals surface area contributed by atoms with Crippen LogP contribution in [0.2, 0.25) is 5.02 Å². The summed E-state index contributed by atoms with van der Waals surface area (Å²) in [5, 5.41) is 3.42. The average molecular weight is 228 g/mol. The van der Waals surface area contributed by atoms with Crippen molar-refractivity contribution in [2.24, 2.45) is 0 Å². The summed E-state index contributed by atoms with van der Waals surface area (Å²) in [5.41, 5.74) is 1.73. The van der Waals surface area contributed by atoms with E-state index in [1.807, 2.05) is 25.3 Å². The van der Waals surface area contributed by atoms with Crippen LogP contribution in [0.25, 0.3) is 0 Å². The van der Waals surface area contributed by atoms with Gasteiger partial charge in [-0.3, -0.25) is 4.79 Å². The third-order valence-electron chi connectivity index (χ3n) is 2.61.